The van der Waals surface area contributed by atoms with E-state index in [-0.39, 0.29) is 12.1 Å². The summed E-state index contributed by atoms with van der Waals surface area (Å²) in [5.41, 5.74) is 6.53. The molecule has 0 radical (unpaired) electrons. The van der Waals surface area contributed by atoms with Crippen LogP contribution in [-0.2, 0) is 0 Å². The van der Waals surface area contributed by atoms with Gasteiger partial charge in [-0.3, -0.25) is 0 Å². The quantitative estimate of drug-likeness (QED) is 0.937. The first-order valence-corrected chi connectivity index (χ1v) is 6.03. The van der Waals surface area contributed by atoms with Gasteiger partial charge in [-0.1, -0.05) is 0 Å². The van der Waals surface area contributed by atoms with Gasteiger partial charge in [0.2, 0.25) is 4.73 Å². The van der Waals surface area contributed by atoms with Crippen LogP contribution in [0.1, 0.15) is 6.42 Å². The molecular formula is C11H10BrN3O2. The van der Waals surface area contributed by atoms with Gasteiger partial charge in [0.15, 0.2) is 0 Å². The van der Waals surface area contributed by atoms with Crippen molar-refractivity contribution in [2.45, 2.75) is 18.6 Å². The molecule has 1 aromatic heterocycles. The lowest BCUT2D eigenvalue weighted by Crippen LogP contribution is -2.10. The Kier molecular flexibility index (Phi) is 2.60. The molecule has 1 heterocycles. The first kappa shape index (κ1) is 10.7. The number of hydrogen-bond acceptors (Lipinski definition) is 5. The molecule has 2 atom stereocenters. The fraction of sp³-hybridized carbons (Fsp3) is 0.273. The molecule has 0 amide bonds. The van der Waals surface area contributed by atoms with Crippen LogP contribution in [-0.4, -0.2) is 22.3 Å². The van der Waals surface area contributed by atoms with Crippen molar-refractivity contribution in [3.8, 4) is 17.2 Å². The Morgan fingerprint density at radius 3 is 2.59 bits per heavy atom. The van der Waals surface area contributed by atoms with Gasteiger partial charge >= 0.3 is 0 Å². The summed E-state index contributed by atoms with van der Waals surface area (Å²) in [7, 11) is 0. The second-order valence-electron chi connectivity index (χ2n) is 3.95. The average molecular weight is 296 g/mol. The third-order valence-electron chi connectivity index (χ3n) is 2.57. The summed E-state index contributed by atoms with van der Waals surface area (Å²) in [5, 5.41) is 3.67. The summed E-state index contributed by atoms with van der Waals surface area (Å²) in [5.74, 6) is 1.29. The zero-order chi connectivity index (χ0) is 11.8. The molecular weight excluding hydrogens is 286 g/mol. The summed E-state index contributed by atoms with van der Waals surface area (Å²) in [4.78, 5) is 4.07. The lowest BCUT2D eigenvalue weighted by Gasteiger charge is -2.04. The molecule has 6 heteroatoms. The average Bonchev–Trinajstić information content (AvgIpc) is 2.84. The number of benzene rings is 1. The van der Waals surface area contributed by atoms with Gasteiger partial charge in [0.05, 0.1) is 0 Å². The Bertz CT molecular complexity index is 526. The van der Waals surface area contributed by atoms with Gasteiger partial charge < -0.3 is 15.0 Å². The van der Waals surface area contributed by atoms with Gasteiger partial charge in [-0.25, -0.2) is 0 Å². The topological polar surface area (TPSA) is 74.2 Å². The molecule has 1 aliphatic rings. The molecule has 1 aromatic carbocycles. The highest BCUT2D eigenvalue weighted by atomic mass is 79.9. The van der Waals surface area contributed by atoms with Gasteiger partial charge in [-0.2, -0.15) is 4.98 Å². The normalized spacial score (nSPS) is 22.5. The maximum Gasteiger partial charge on any atom is 0.258 e. The van der Waals surface area contributed by atoms with Gasteiger partial charge in [0.25, 0.3) is 5.89 Å². The van der Waals surface area contributed by atoms with Crippen LogP contribution >= 0.6 is 15.9 Å². The Morgan fingerprint density at radius 2 is 2.06 bits per heavy atom. The van der Waals surface area contributed by atoms with Crippen LogP contribution in [0.5, 0.6) is 5.75 Å². The van der Waals surface area contributed by atoms with Crippen LogP contribution in [0.4, 0.5) is 0 Å². The Labute approximate surface area is 106 Å². The minimum absolute atomic E-state index is 0.165. The Hall–Kier alpha value is -1.40. The molecule has 17 heavy (non-hydrogen) atoms. The first-order chi connectivity index (χ1) is 8.22. The predicted molar refractivity (Wildman–Crippen MR) is 64.4 cm³/mol. The molecule has 2 unspecified atom stereocenters. The number of halogens is 1. The molecule has 0 bridgehead atoms. The standard InChI is InChI=1S/C11H10BrN3O2/c12-11-14-10(17-15-11)6-1-3-7(4-2-6)16-9-5-8(9)13/h1-4,8-9H,5,13H2. The predicted octanol–water partition coefficient (Wildman–Crippen LogP) is 1.98. The van der Waals surface area contributed by atoms with E-state index in [1.54, 1.807) is 0 Å². The van der Waals surface area contributed by atoms with E-state index in [1.165, 1.54) is 0 Å². The first-order valence-electron chi connectivity index (χ1n) is 5.24. The van der Waals surface area contributed by atoms with Crippen molar-refractivity contribution < 1.29 is 9.26 Å². The van der Waals surface area contributed by atoms with E-state index in [1.807, 2.05) is 24.3 Å². The minimum atomic E-state index is 0.165. The molecule has 2 aromatic rings. The lowest BCUT2D eigenvalue weighted by atomic mass is 10.2. The van der Waals surface area contributed by atoms with Gasteiger partial charge in [-0.05, 0) is 45.4 Å². The van der Waals surface area contributed by atoms with Gasteiger partial charge in [0, 0.05) is 18.0 Å². The molecule has 2 N–H and O–H groups in total. The van der Waals surface area contributed by atoms with Crippen molar-refractivity contribution in [1.82, 2.24) is 10.1 Å². The smallest absolute Gasteiger partial charge is 0.258 e. The van der Waals surface area contributed by atoms with E-state index in [9.17, 15) is 0 Å². The Morgan fingerprint density at radius 1 is 1.35 bits per heavy atom. The number of ether oxygens (including phenoxy) is 1. The maximum atomic E-state index is 5.67. The van der Waals surface area contributed by atoms with Crippen LogP contribution in [0, 0.1) is 0 Å². The van der Waals surface area contributed by atoms with Crippen molar-refractivity contribution in [3.05, 3.63) is 29.0 Å². The van der Waals surface area contributed by atoms with E-state index < -0.39 is 0 Å². The zero-order valence-corrected chi connectivity index (χ0v) is 10.4. The van der Waals surface area contributed by atoms with Crippen molar-refractivity contribution in [2.24, 2.45) is 5.73 Å². The van der Waals surface area contributed by atoms with Crippen molar-refractivity contribution >= 4 is 15.9 Å². The molecule has 1 saturated carbocycles. The molecule has 0 spiro atoms. The molecule has 1 fully saturated rings. The number of rotatable bonds is 3. The highest BCUT2D eigenvalue weighted by molar-refractivity contribution is 9.10. The van der Waals surface area contributed by atoms with Crippen LogP contribution in [0.2, 0.25) is 0 Å². The fourth-order valence-electron chi connectivity index (χ4n) is 1.50. The van der Waals surface area contributed by atoms with E-state index in [4.69, 9.17) is 15.0 Å². The monoisotopic (exact) mass is 295 g/mol. The third kappa shape index (κ3) is 2.32. The van der Waals surface area contributed by atoms with E-state index >= 15 is 0 Å². The summed E-state index contributed by atoms with van der Waals surface area (Å²) in [6.45, 7) is 0. The maximum absolute atomic E-state index is 5.67. The number of aromatic nitrogens is 2. The number of nitrogens with zero attached hydrogens (tertiary/aromatic N) is 2. The molecule has 3 rings (SSSR count). The largest absolute Gasteiger partial charge is 0.489 e. The van der Waals surface area contributed by atoms with Gasteiger partial charge in [0.1, 0.15) is 11.9 Å². The van der Waals surface area contributed by atoms with E-state index in [0.29, 0.717) is 10.6 Å². The second-order valence-corrected chi connectivity index (χ2v) is 4.66. The van der Waals surface area contributed by atoms with Crippen molar-refractivity contribution in [3.63, 3.8) is 0 Å². The molecule has 88 valence electrons. The third-order valence-corrected chi connectivity index (χ3v) is 2.89. The minimum Gasteiger partial charge on any atom is -0.489 e. The summed E-state index contributed by atoms with van der Waals surface area (Å²) in [6.07, 6.45) is 1.09. The summed E-state index contributed by atoms with van der Waals surface area (Å²) < 4.78 is 11.1. The van der Waals surface area contributed by atoms with E-state index in [2.05, 4.69) is 26.1 Å². The molecule has 1 aliphatic carbocycles. The lowest BCUT2D eigenvalue weighted by molar-refractivity contribution is 0.296. The number of hydrogen-bond donors (Lipinski definition) is 1. The highest BCUT2D eigenvalue weighted by Gasteiger charge is 2.35. The Balaban J connectivity index is 1.75. The van der Waals surface area contributed by atoms with Crippen LogP contribution in [0.25, 0.3) is 11.5 Å². The molecule has 0 saturated heterocycles. The second kappa shape index (κ2) is 4.12. The van der Waals surface area contributed by atoms with Gasteiger partial charge in [-0.15, -0.1) is 0 Å². The van der Waals surface area contributed by atoms with Crippen molar-refractivity contribution in [1.29, 1.82) is 0 Å². The fourth-order valence-corrected chi connectivity index (χ4v) is 1.73. The number of nitrogens with two attached hydrogens (primary N) is 1. The zero-order valence-electron chi connectivity index (χ0n) is 8.84. The van der Waals surface area contributed by atoms with Crippen molar-refractivity contribution in [2.75, 3.05) is 0 Å². The van der Waals surface area contributed by atoms with Crippen LogP contribution in [0.15, 0.2) is 33.5 Å². The summed E-state index contributed by atoms with van der Waals surface area (Å²) in [6, 6.07) is 7.69. The summed E-state index contributed by atoms with van der Waals surface area (Å²) >= 11 is 3.14. The van der Waals surface area contributed by atoms with Crippen LogP contribution in [0.3, 0.4) is 0 Å². The van der Waals surface area contributed by atoms with Crippen LogP contribution < -0.4 is 10.5 Å². The van der Waals surface area contributed by atoms with E-state index in [0.717, 1.165) is 17.7 Å². The molecule has 5 nitrogen and oxygen atoms in total. The SMILES string of the molecule is NC1CC1Oc1ccc(-c2nc(Br)no2)cc1. The molecule has 0 aliphatic heterocycles. The highest BCUT2D eigenvalue weighted by Crippen LogP contribution is 2.27.